The van der Waals surface area contributed by atoms with Crippen molar-refractivity contribution >= 4 is 11.3 Å². The van der Waals surface area contributed by atoms with E-state index < -0.39 is 0 Å². The summed E-state index contributed by atoms with van der Waals surface area (Å²) in [6.45, 7) is 5.44. The Bertz CT molecular complexity index is 512. The zero-order valence-corrected chi connectivity index (χ0v) is 12.9. The fourth-order valence-corrected chi connectivity index (χ4v) is 3.48. The second-order valence-corrected chi connectivity index (χ2v) is 6.11. The highest BCUT2D eigenvalue weighted by Crippen LogP contribution is 2.25. The van der Waals surface area contributed by atoms with Crippen LogP contribution in [0.25, 0.3) is 0 Å². The summed E-state index contributed by atoms with van der Waals surface area (Å²) in [5.74, 6) is 0. The topological polar surface area (TPSA) is 37.4 Å². The Morgan fingerprint density at radius 1 is 1.24 bits per heavy atom. The molecule has 112 valence electrons. The standard InChI is InChI=1S/C16H21N3OS/c1-2-6-18-14(4-1)12-17-13-15(16-5-3-11-21-16)19-7-9-20-10-8-19/h1-6,11,15,17H,7-10,12-13H2/t15-/m0/s1. The lowest BCUT2D eigenvalue weighted by molar-refractivity contribution is 0.0168. The minimum absolute atomic E-state index is 0.428. The summed E-state index contributed by atoms with van der Waals surface area (Å²) in [6.07, 6.45) is 1.84. The summed E-state index contributed by atoms with van der Waals surface area (Å²) < 4.78 is 5.47. The largest absolute Gasteiger partial charge is 0.379 e. The van der Waals surface area contributed by atoms with Gasteiger partial charge in [-0.3, -0.25) is 9.88 Å². The van der Waals surface area contributed by atoms with Crippen molar-refractivity contribution in [3.8, 4) is 0 Å². The maximum atomic E-state index is 5.47. The number of nitrogens with zero attached hydrogens (tertiary/aromatic N) is 2. The van der Waals surface area contributed by atoms with Crippen molar-refractivity contribution < 1.29 is 4.74 Å². The maximum Gasteiger partial charge on any atom is 0.0594 e. The van der Waals surface area contributed by atoms with Gasteiger partial charge in [0.25, 0.3) is 0 Å². The average Bonchev–Trinajstić information content (AvgIpc) is 3.07. The number of ether oxygens (including phenoxy) is 1. The van der Waals surface area contributed by atoms with Gasteiger partial charge in [0.1, 0.15) is 0 Å². The fourth-order valence-electron chi connectivity index (χ4n) is 2.62. The van der Waals surface area contributed by atoms with Gasteiger partial charge in [-0.15, -0.1) is 11.3 Å². The first-order chi connectivity index (χ1) is 10.4. The van der Waals surface area contributed by atoms with Gasteiger partial charge in [0.2, 0.25) is 0 Å². The molecule has 0 saturated carbocycles. The van der Waals surface area contributed by atoms with Gasteiger partial charge in [-0.05, 0) is 23.6 Å². The monoisotopic (exact) mass is 303 g/mol. The first kappa shape index (κ1) is 14.7. The van der Waals surface area contributed by atoms with Crippen molar-refractivity contribution in [2.75, 3.05) is 32.8 Å². The molecule has 1 saturated heterocycles. The van der Waals surface area contributed by atoms with E-state index in [1.54, 1.807) is 0 Å². The third-order valence-electron chi connectivity index (χ3n) is 3.73. The molecular formula is C16H21N3OS. The van der Waals surface area contributed by atoms with Crippen molar-refractivity contribution in [2.24, 2.45) is 0 Å². The molecule has 21 heavy (non-hydrogen) atoms. The highest BCUT2D eigenvalue weighted by atomic mass is 32.1. The second kappa shape index (κ2) is 7.66. The number of aromatic nitrogens is 1. The third-order valence-corrected chi connectivity index (χ3v) is 4.70. The molecule has 0 aromatic carbocycles. The Labute approximate surface area is 129 Å². The molecule has 0 radical (unpaired) electrons. The number of pyridine rings is 1. The lowest BCUT2D eigenvalue weighted by Crippen LogP contribution is -2.42. The van der Waals surface area contributed by atoms with Crippen LogP contribution < -0.4 is 5.32 Å². The van der Waals surface area contributed by atoms with E-state index >= 15 is 0 Å². The maximum absolute atomic E-state index is 5.47. The van der Waals surface area contributed by atoms with Gasteiger partial charge >= 0.3 is 0 Å². The molecule has 3 rings (SSSR count). The minimum atomic E-state index is 0.428. The van der Waals surface area contributed by atoms with Crippen molar-refractivity contribution in [3.05, 3.63) is 52.5 Å². The van der Waals surface area contributed by atoms with Crippen LogP contribution in [-0.4, -0.2) is 42.7 Å². The van der Waals surface area contributed by atoms with Gasteiger partial charge in [-0.1, -0.05) is 12.1 Å². The number of nitrogens with one attached hydrogen (secondary N) is 1. The van der Waals surface area contributed by atoms with Gasteiger partial charge in [0.05, 0.1) is 24.9 Å². The highest BCUT2D eigenvalue weighted by Gasteiger charge is 2.22. The Hall–Kier alpha value is -1.27. The zero-order valence-electron chi connectivity index (χ0n) is 12.1. The lowest BCUT2D eigenvalue weighted by atomic mass is 10.2. The van der Waals surface area contributed by atoms with E-state index in [-0.39, 0.29) is 0 Å². The van der Waals surface area contributed by atoms with Crippen LogP contribution in [0.2, 0.25) is 0 Å². The molecule has 1 N–H and O–H groups in total. The minimum Gasteiger partial charge on any atom is -0.379 e. The number of rotatable bonds is 6. The summed E-state index contributed by atoms with van der Waals surface area (Å²) in [7, 11) is 0. The molecule has 0 unspecified atom stereocenters. The first-order valence-electron chi connectivity index (χ1n) is 7.39. The van der Waals surface area contributed by atoms with Crippen LogP contribution in [0.1, 0.15) is 16.6 Å². The first-order valence-corrected chi connectivity index (χ1v) is 8.27. The van der Waals surface area contributed by atoms with Crippen molar-refractivity contribution in [2.45, 2.75) is 12.6 Å². The molecule has 3 heterocycles. The molecular weight excluding hydrogens is 282 g/mol. The molecule has 0 bridgehead atoms. The van der Waals surface area contributed by atoms with Gasteiger partial charge < -0.3 is 10.1 Å². The fraction of sp³-hybridized carbons (Fsp3) is 0.438. The van der Waals surface area contributed by atoms with Crippen LogP contribution in [0.5, 0.6) is 0 Å². The predicted octanol–water partition coefficient (Wildman–Crippen LogP) is 2.31. The van der Waals surface area contributed by atoms with Crippen LogP contribution in [0.15, 0.2) is 41.9 Å². The quantitative estimate of drug-likeness (QED) is 0.888. The van der Waals surface area contributed by atoms with Crippen LogP contribution in [-0.2, 0) is 11.3 Å². The second-order valence-electron chi connectivity index (χ2n) is 5.13. The molecule has 0 aliphatic carbocycles. The summed E-state index contributed by atoms with van der Waals surface area (Å²) in [6, 6.07) is 10.8. The lowest BCUT2D eigenvalue weighted by Gasteiger charge is -2.34. The molecule has 1 aliphatic rings. The van der Waals surface area contributed by atoms with E-state index in [0.717, 1.165) is 45.1 Å². The van der Waals surface area contributed by atoms with Gasteiger partial charge in [-0.25, -0.2) is 0 Å². The van der Waals surface area contributed by atoms with Gasteiger partial charge in [0, 0.05) is 37.3 Å². The van der Waals surface area contributed by atoms with E-state index in [1.165, 1.54) is 4.88 Å². The summed E-state index contributed by atoms with van der Waals surface area (Å²) in [4.78, 5) is 8.29. The summed E-state index contributed by atoms with van der Waals surface area (Å²) in [5.41, 5.74) is 1.09. The normalized spacial score (nSPS) is 17.7. The van der Waals surface area contributed by atoms with Crippen LogP contribution in [0.3, 0.4) is 0 Å². The Morgan fingerprint density at radius 3 is 2.86 bits per heavy atom. The molecule has 1 atom stereocenters. The Balaban J connectivity index is 1.59. The average molecular weight is 303 g/mol. The number of hydrogen-bond acceptors (Lipinski definition) is 5. The molecule has 5 heteroatoms. The van der Waals surface area contributed by atoms with Crippen LogP contribution in [0, 0.1) is 0 Å². The number of thiophene rings is 1. The predicted molar refractivity (Wildman–Crippen MR) is 85.4 cm³/mol. The molecule has 2 aromatic heterocycles. The molecule has 1 fully saturated rings. The van der Waals surface area contributed by atoms with Gasteiger partial charge in [0.15, 0.2) is 0 Å². The van der Waals surface area contributed by atoms with Crippen molar-refractivity contribution in [1.82, 2.24) is 15.2 Å². The number of morpholine rings is 1. The van der Waals surface area contributed by atoms with Crippen molar-refractivity contribution in [3.63, 3.8) is 0 Å². The zero-order chi connectivity index (χ0) is 14.3. The molecule has 4 nitrogen and oxygen atoms in total. The molecule has 0 amide bonds. The van der Waals surface area contributed by atoms with Crippen LogP contribution in [0.4, 0.5) is 0 Å². The van der Waals surface area contributed by atoms with E-state index in [9.17, 15) is 0 Å². The van der Waals surface area contributed by atoms with E-state index in [2.05, 4.69) is 38.8 Å². The van der Waals surface area contributed by atoms with E-state index in [1.807, 2.05) is 29.7 Å². The Morgan fingerprint density at radius 2 is 2.14 bits per heavy atom. The summed E-state index contributed by atoms with van der Waals surface area (Å²) >= 11 is 1.83. The van der Waals surface area contributed by atoms with E-state index in [4.69, 9.17) is 4.74 Å². The molecule has 1 aliphatic heterocycles. The summed E-state index contributed by atoms with van der Waals surface area (Å²) in [5, 5.41) is 5.70. The van der Waals surface area contributed by atoms with E-state index in [0.29, 0.717) is 6.04 Å². The van der Waals surface area contributed by atoms with Crippen molar-refractivity contribution in [1.29, 1.82) is 0 Å². The SMILES string of the molecule is c1ccc(CNC[C@@H](c2cccs2)N2CCOCC2)nc1. The number of hydrogen-bond donors (Lipinski definition) is 1. The smallest absolute Gasteiger partial charge is 0.0594 e. The highest BCUT2D eigenvalue weighted by molar-refractivity contribution is 7.10. The van der Waals surface area contributed by atoms with Gasteiger partial charge in [-0.2, -0.15) is 0 Å². The Kier molecular flexibility index (Phi) is 5.34. The molecule has 2 aromatic rings. The molecule has 0 spiro atoms. The third kappa shape index (κ3) is 4.11. The van der Waals surface area contributed by atoms with Crippen LogP contribution >= 0.6 is 11.3 Å².